The Bertz CT molecular complexity index is 515. The van der Waals surface area contributed by atoms with Crippen molar-refractivity contribution >= 4 is 17.1 Å². The van der Waals surface area contributed by atoms with E-state index in [9.17, 15) is 4.79 Å². The van der Waals surface area contributed by atoms with E-state index in [1.807, 2.05) is 50.2 Å². The number of ether oxygens (including phenoxy) is 1. The molecule has 2 heteroatoms. The van der Waals surface area contributed by atoms with Crippen LogP contribution in [0, 0.1) is 0 Å². The second-order valence-corrected chi connectivity index (χ2v) is 4.05. The standard InChI is InChI=1S/C14H14O2/c1-10(2)16-14-6-5-12-7-11(9-15)3-4-13(12)8-14/h3-10H,1-2H3. The number of aldehydes is 1. The second kappa shape index (κ2) is 4.35. The van der Waals surface area contributed by atoms with Gasteiger partial charge in [0.2, 0.25) is 0 Å². The molecule has 82 valence electrons. The molecule has 0 spiro atoms. The van der Waals surface area contributed by atoms with E-state index in [1.165, 1.54) is 0 Å². The maximum absolute atomic E-state index is 10.6. The lowest BCUT2D eigenvalue weighted by atomic mass is 10.1. The molecule has 0 aliphatic carbocycles. The number of carbonyl (C=O) groups is 1. The predicted octanol–water partition coefficient (Wildman–Crippen LogP) is 3.44. The first-order chi connectivity index (χ1) is 7.69. The number of carbonyl (C=O) groups excluding carboxylic acids is 1. The summed E-state index contributed by atoms with van der Waals surface area (Å²) < 4.78 is 5.61. The quantitative estimate of drug-likeness (QED) is 0.731. The van der Waals surface area contributed by atoms with E-state index < -0.39 is 0 Å². The van der Waals surface area contributed by atoms with Crippen molar-refractivity contribution < 1.29 is 9.53 Å². The Balaban J connectivity index is 2.43. The molecule has 2 nitrogen and oxygen atoms in total. The Morgan fingerprint density at radius 2 is 1.75 bits per heavy atom. The van der Waals surface area contributed by atoms with Crippen LogP contribution >= 0.6 is 0 Å². The average Bonchev–Trinajstić information content (AvgIpc) is 2.27. The molecule has 0 amide bonds. The summed E-state index contributed by atoms with van der Waals surface area (Å²) in [4.78, 5) is 10.6. The fraction of sp³-hybridized carbons (Fsp3) is 0.214. The first-order valence-electron chi connectivity index (χ1n) is 5.34. The molecule has 0 atom stereocenters. The number of hydrogen-bond donors (Lipinski definition) is 0. The van der Waals surface area contributed by atoms with Gasteiger partial charge < -0.3 is 4.74 Å². The molecular formula is C14H14O2. The molecule has 0 bridgehead atoms. The van der Waals surface area contributed by atoms with E-state index in [1.54, 1.807) is 0 Å². The van der Waals surface area contributed by atoms with Gasteiger partial charge in [0.05, 0.1) is 6.10 Å². The number of fused-ring (bicyclic) bond motifs is 1. The fourth-order valence-corrected chi connectivity index (χ4v) is 1.66. The first kappa shape index (κ1) is 10.7. The summed E-state index contributed by atoms with van der Waals surface area (Å²) in [5.41, 5.74) is 0.699. The van der Waals surface area contributed by atoms with Crippen LogP contribution in [-0.4, -0.2) is 12.4 Å². The van der Waals surface area contributed by atoms with Crippen molar-refractivity contribution in [3.05, 3.63) is 42.0 Å². The largest absolute Gasteiger partial charge is 0.491 e. The molecule has 0 aliphatic rings. The molecule has 2 aromatic carbocycles. The minimum absolute atomic E-state index is 0.173. The summed E-state index contributed by atoms with van der Waals surface area (Å²) in [6.07, 6.45) is 1.03. The monoisotopic (exact) mass is 214 g/mol. The molecule has 0 fully saturated rings. The highest BCUT2D eigenvalue weighted by Gasteiger charge is 2.00. The van der Waals surface area contributed by atoms with Gasteiger partial charge in [-0.15, -0.1) is 0 Å². The van der Waals surface area contributed by atoms with Crippen LogP contribution < -0.4 is 4.74 Å². The van der Waals surface area contributed by atoms with Crippen LogP contribution in [0.25, 0.3) is 10.8 Å². The number of hydrogen-bond acceptors (Lipinski definition) is 2. The van der Waals surface area contributed by atoms with Crippen molar-refractivity contribution in [2.75, 3.05) is 0 Å². The van der Waals surface area contributed by atoms with Crippen molar-refractivity contribution in [3.8, 4) is 5.75 Å². The smallest absolute Gasteiger partial charge is 0.150 e. The highest BCUT2D eigenvalue weighted by atomic mass is 16.5. The van der Waals surface area contributed by atoms with Crippen LogP contribution in [0.2, 0.25) is 0 Å². The number of benzene rings is 2. The van der Waals surface area contributed by atoms with E-state index in [0.29, 0.717) is 5.56 Å². The molecule has 0 saturated carbocycles. The van der Waals surface area contributed by atoms with Gasteiger partial charge in [-0.2, -0.15) is 0 Å². The maximum Gasteiger partial charge on any atom is 0.150 e. The van der Waals surface area contributed by atoms with Crippen molar-refractivity contribution in [1.29, 1.82) is 0 Å². The highest BCUT2D eigenvalue weighted by Crippen LogP contribution is 2.22. The zero-order valence-electron chi connectivity index (χ0n) is 9.44. The Morgan fingerprint density at radius 3 is 2.44 bits per heavy atom. The zero-order chi connectivity index (χ0) is 11.5. The van der Waals surface area contributed by atoms with E-state index in [0.717, 1.165) is 22.8 Å². The number of rotatable bonds is 3. The predicted molar refractivity (Wildman–Crippen MR) is 65.1 cm³/mol. The molecule has 0 radical (unpaired) electrons. The van der Waals surface area contributed by atoms with E-state index >= 15 is 0 Å². The van der Waals surface area contributed by atoms with Gasteiger partial charge in [0.25, 0.3) is 0 Å². The Labute approximate surface area is 94.8 Å². The van der Waals surface area contributed by atoms with Gasteiger partial charge in [0, 0.05) is 5.56 Å². The molecule has 0 unspecified atom stereocenters. The van der Waals surface area contributed by atoms with Crippen LogP contribution in [0.1, 0.15) is 24.2 Å². The summed E-state index contributed by atoms with van der Waals surface area (Å²) in [5, 5.41) is 2.14. The molecule has 0 N–H and O–H groups in total. The lowest BCUT2D eigenvalue weighted by Gasteiger charge is -2.10. The van der Waals surface area contributed by atoms with Gasteiger partial charge in [-0.05, 0) is 42.8 Å². The summed E-state index contributed by atoms with van der Waals surface area (Å²) >= 11 is 0. The van der Waals surface area contributed by atoms with E-state index in [2.05, 4.69) is 0 Å². The van der Waals surface area contributed by atoms with Gasteiger partial charge in [-0.1, -0.05) is 18.2 Å². The van der Waals surface area contributed by atoms with E-state index in [-0.39, 0.29) is 6.10 Å². The normalized spacial score (nSPS) is 10.7. The zero-order valence-corrected chi connectivity index (χ0v) is 9.44. The molecule has 2 rings (SSSR count). The van der Waals surface area contributed by atoms with Gasteiger partial charge in [-0.25, -0.2) is 0 Å². The third-order valence-electron chi connectivity index (χ3n) is 2.34. The van der Waals surface area contributed by atoms with E-state index in [4.69, 9.17) is 4.74 Å². The highest BCUT2D eigenvalue weighted by molar-refractivity contribution is 5.89. The minimum Gasteiger partial charge on any atom is -0.491 e. The summed E-state index contributed by atoms with van der Waals surface area (Å²) in [6, 6.07) is 11.5. The molecular weight excluding hydrogens is 200 g/mol. The van der Waals surface area contributed by atoms with Gasteiger partial charge in [0.15, 0.2) is 0 Å². The lowest BCUT2D eigenvalue weighted by Crippen LogP contribution is -2.05. The molecule has 2 aromatic rings. The van der Waals surface area contributed by atoms with Crippen LogP contribution in [0.3, 0.4) is 0 Å². The molecule has 0 heterocycles. The van der Waals surface area contributed by atoms with Crippen LogP contribution in [0.5, 0.6) is 5.75 Å². The first-order valence-corrected chi connectivity index (χ1v) is 5.34. The maximum atomic E-state index is 10.6. The molecule has 0 aliphatic heterocycles. The Morgan fingerprint density at radius 1 is 1.06 bits per heavy atom. The summed E-state index contributed by atoms with van der Waals surface area (Å²) in [6.45, 7) is 4.00. The Hall–Kier alpha value is -1.83. The summed E-state index contributed by atoms with van der Waals surface area (Å²) in [5.74, 6) is 0.862. The van der Waals surface area contributed by atoms with Gasteiger partial charge in [-0.3, -0.25) is 4.79 Å². The van der Waals surface area contributed by atoms with Gasteiger partial charge in [0.1, 0.15) is 12.0 Å². The SMILES string of the molecule is CC(C)Oc1ccc2cc(C=O)ccc2c1. The van der Waals surface area contributed by atoms with Gasteiger partial charge >= 0.3 is 0 Å². The third kappa shape index (κ3) is 2.22. The van der Waals surface area contributed by atoms with Crippen molar-refractivity contribution in [3.63, 3.8) is 0 Å². The van der Waals surface area contributed by atoms with Crippen molar-refractivity contribution in [2.24, 2.45) is 0 Å². The average molecular weight is 214 g/mol. The Kier molecular flexibility index (Phi) is 2.91. The van der Waals surface area contributed by atoms with Crippen LogP contribution in [0.4, 0.5) is 0 Å². The fourth-order valence-electron chi connectivity index (χ4n) is 1.66. The van der Waals surface area contributed by atoms with Crippen LogP contribution in [0.15, 0.2) is 36.4 Å². The molecule has 0 saturated heterocycles. The third-order valence-corrected chi connectivity index (χ3v) is 2.34. The molecule has 16 heavy (non-hydrogen) atoms. The minimum atomic E-state index is 0.173. The lowest BCUT2D eigenvalue weighted by molar-refractivity contribution is 0.112. The second-order valence-electron chi connectivity index (χ2n) is 4.05. The van der Waals surface area contributed by atoms with Crippen molar-refractivity contribution in [2.45, 2.75) is 20.0 Å². The summed E-state index contributed by atoms with van der Waals surface area (Å²) in [7, 11) is 0. The van der Waals surface area contributed by atoms with Crippen LogP contribution in [-0.2, 0) is 0 Å². The topological polar surface area (TPSA) is 26.3 Å². The van der Waals surface area contributed by atoms with Crippen molar-refractivity contribution in [1.82, 2.24) is 0 Å². The molecule has 0 aromatic heterocycles.